The van der Waals surface area contributed by atoms with Crippen molar-refractivity contribution in [2.45, 2.75) is 19.9 Å². The largest absolute Gasteiger partial charge is 0.467 e. The lowest BCUT2D eigenvalue weighted by molar-refractivity contribution is -0.482. The molecule has 5 nitrogen and oxygen atoms in total. The van der Waals surface area contributed by atoms with Crippen LogP contribution in [0.25, 0.3) is 0 Å². The molecule has 1 aromatic heterocycles. The highest BCUT2D eigenvalue weighted by atomic mass is 16.6. The molecule has 0 aliphatic carbocycles. The van der Waals surface area contributed by atoms with Gasteiger partial charge in [-0.1, -0.05) is 12.1 Å². The molecule has 1 N–H and O–H groups in total. The van der Waals surface area contributed by atoms with Gasteiger partial charge in [0.2, 0.25) is 6.54 Å². The number of hydrogen-bond donors (Lipinski definition) is 1. The number of hydrogen-bond acceptors (Lipinski definition) is 4. The Morgan fingerprint density at radius 3 is 2.74 bits per heavy atom. The summed E-state index contributed by atoms with van der Waals surface area (Å²) < 4.78 is 5.27. The second-order valence-corrected chi connectivity index (χ2v) is 4.48. The van der Waals surface area contributed by atoms with Crippen molar-refractivity contribution >= 4 is 5.69 Å². The number of rotatable bonds is 5. The van der Waals surface area contributed by atoms with Crippen LogP contribution in [-0.2, 0) is 0 Å². The Morgan fingerprint density at radius 1 is 1.32 bits per heavy atom. The summed E-state index contributed by atoms with van der Waals surface area (Å²) in [7, 11) is 0. The Bertz CT molecular complexity index is 564. The van der Waals surface area contributed by atoms with Crippen LogP contribution < -0.4 is 5.32 Å². The van der Waals surface area contributed by atoms with Crippen LogP contribution in [0.4, 0.5) is 5.69 Å². The van der Waals surface area contributed by atoms with Crippen LogP contribution in [-0.4, -0.2) is 11.5 Å². The Kier molecular flexibility index (Phi) is 3.85. The lowest BCUT2D eigenvalue weighted by Gasteiger charge is -2.17. The number of aryl methyl sites for hydroxylation is 1. The monoisotopic (exact) mass is 260 g/mol. The summed E-state index contributed by atoms with van der Waals surface area (Å²) in [5.74, 6) is 0.567. The summed E-state index contributed by atoms with van der Waals surface area (Å²) in [6, 6.07) is 8.86. The van der Waals surface area contributed by atoms with Crippen LogP contribution in [0.5, 0.6) is 0 Å². The summed E-state index contributed by atoms with van der Waals surface area (Å²) in [5.41, 5.74) is 3.12. The highest BCUT2D eigenvalue weighted by Crippen LogP contribution is 2.24. The predicted molar refractivity (Wildman–Crippen MR) is 72.8 cm³/mol. The van der Waals surface area contributed by atoms with Gasteiger partial charge in [-0.2, -0.15) is 0 Å². The Labute approximate surface area is 111 Å². The molecule has 100 valence electrons. The molecule has 1 unspecified atom stereocenters. The maximum Gasteiger partial charge on any atom is 0.231 e. The average molecular weight is 260 g/mol. The normalized spacial score (nSPS) is 12.1. The average Bonchev–Trinajstić information content (AvgIpc) is 2.87. The minimum absolute atomic E-state index is 0.221. The van der Waals surface area contributed by atoms with Crippen molar-refractivity contribution in [2.75, 3.05) is 11.9 Å². The highest BCUT2D eigenvalue weighted by Gasteiger charge is 2.21. The predicted octanol–water partition coefficient (Wildman–Crippen LogP) is 3.33. The second kappa shape index (κ2) is 5.56. The number of nitrogens with zero attached hydrogens (tertiary/aromatic N) is 1. The number of nitrogens with one attached hydrogen (secondary N) is 1. The van der Waals surface area contributed by atoms with E-state index in [-0.39, 0.29) is 11.5 Å². The third-order valence-electron chi connectivity index (χ3n) is 3.15. The molecular formula is C14H16N2O3. The molecular weight excluding hydrogens is 244 g/mol. The van der Waals surface area contributed by atoms with E-state index in [1.165, 1.54) is 6.26 Å². The molecule has 2 rings (SSSR count). The molecule has 1 heterocycles. The van der Waals surface area contributed by atoms with Gasteiger partial charge >= 0.3 is 0 Å². The van der Waals surface area contributed by atoms with Gasteiger partial charge in [0.15, 0.2) is 0 Å². The zero-order valence-corrected chi connectivity index (χ0v) is 10.9. The van der Waals surface area contributed by atoms with Crippen LogP contribution in [0.1, 0.15) is 22.9 Å². The van der Waals surface area contributed by atoms with Gasteiger partial charge in [0.05, 0.1) is 6.26 Å². The molecule has 1 atom stereocenters. The van der Waals surface area contributed by atoms with E-state index >= 15 is 0 Å². The molecule has 0 bridgehead atoms. The van der Waals surface area contributed by atoms with E-state index in [9.17, 15) is 10.1 Å². The summed E-state index contributed by atoms with van der Waals surface area (Å²) in [5, 5.41) is 14.0. The first-order chi connectivity index (χ1) is 9.08. The Morgan fingerprint density at radius 2 is 2.11 bits per heavy atom. The van der Waals surface area contributed by atoms with E-state index in [2.05, 4.69) is 5.32 Å². The zero-order chi connectivity index (χ0) is 13.8. The molecule has 0 aliphatic rings. The molecule has 0 saturated heterocycles. The molecule has 2 aromatic rings. The van der Waals surface area contributed by atoms with Gasteiger partial charge in [0.25, 0.3) is 0 Å². The third kappa shape index (κ3) is 3.13. The van der Waals surface area contributed by atoms with Gasteiger partial charge in [0, 0.05) is 10.6 Å². The summed E-state index contributed by atoms with van der Waals surface area (Å²) in [6.45, 7) is 3.78. The summed E-state index contributed by atoms with van der Waals surface area (Å²) in [4.78, 5) is 10.4. The quantitative estimate of drug-likeness (QED) is 0.661. The minimum atomic E-state index is -0.467. The standard InChI is InChI=1S/C14H16N2O3/c1-10-5-3-6-12(11(10)2)15-13(9-16(17)18)14-7-4-8-19-14/h3-8,13,15H,9H2,1-2H3. The van der Waals surface area contributed by atoms with Gasteiger partial charge in [-0.3, -0.25) is 10.1 Å². The van der Waals surface area contributed by atoms with Crippen molar-refractivity contribution in [1.29, 1.82) is 0 Å². The van der Waals surface area contributed by atoms with Crippen LogP contribution >= 0.6 is 0 Å². The molecule has 1 aromatic carbocycles. The molecule has 0 saturated carbocycles. The fraction of sp³-hybridized carbons (Fsp3) is 0.286. The molecule has 5 heteroatoms. The van der Waals surface area contributed by atoms with Crippen LogP contribution in [0.3, 0.4) is 0 Å². The van der Waals surface area contributed by atoms with E-state index in [4.69, 9.17) is 4.42 Å². The lowest BCUT2D eigenvalue weighted by Crippen LogP contribution is -2.20. The van der Waals surface area contributed by atoms with Crippen molar-refractivity contribution in [3.05, 3.63) is 63.6 Å². The Hall–Kier alpha value is -2.30. The molecule has 0 spiro atoms. The zero-order valence-electron chi connectivity index (χ0n) is 10.9. The van der Waals surface area contributed by atoms with Gasteiger partial charge in [-0.05, 0) is 43.2 Å². The third-order valence-corrected chi connectivity index (χ3v) is 3.15. The van der Waals surface area contributed by atoms with Crippen LogP contribution in [0.15, 0.2) is 41.0 Å². The van der Waals surface area contributed by atoms with E-state index in [1.54, 1.807) is 12.1 Å². The Balaban J connectivity index is 2.25. The van der Waals surface area contributed by atoms with Crippen molar-refractivity contribution in [3.63, 3.8) is 0 Å². The first-order valence-corrected chi connectivity index (χ1v) is 6.06. The number of furan rings is 1. The fourth-order valence-electron chi connectivity index (χ4n) is 1.94. The number of nitro groups is 1. The van der Waals surface area contributed by atoms with Gasteiger partial charge in [0.1, 0.15) is 11.8 Å². The molecule has 0 fully saturated rings. The van der Waals surface area contributed by atoms with E-state index in [0.717, 1.165) is 16.8 Å². The highest BCUT2D eigenvalue weighted by molar-refractivity contribution is 5.54. The van der Waals surface area contributed by atoms with Gasteiger partial charge < -0.3 is 9.73 Å². The van der Waals surface area contributed by atoms with Gasteiger partial charge in [-0.15, -0.1) is 0 Å². The van der Waals surface area contributed by atoms with Crippen molar-refractivity contribution in [1.82, 2.24) is 0 Å². The van der Waals surface area contributed by atoms with E-state index in [0.29, 0.717) is 5.76 Å². The minimum Gasteiger partial charge on any atom is -0.467 e. The van der Waals surface area contributed by atoms with Crippen molar-refractivity contribution in [3.8, 4) is 0 Å². The second-order valence-electron chi connectivity index (χ2n) is 4.48. The SMILES string of the molecule is Cc1cccc(NC(C[N+](=O)[O-])c2ccco2)c1C. The maximum atomic E-state index is 10.8. The molecule has 0 aliphatic heterocycles. The van der Waals surface area contributed by atoms with Crippen LogP contribution in [0, 0.1) is 24.0 Å². The summed E-state index contributed by atoms with van der Waals surface area (Å²) >= 11 is 0. The first kappa shape index (κ1) is 13.1. The fourth-order valence-corrected chi connectivity index (χ4v) is 1.94. The van der Waals surface area contributed by atoms with Crippen LogP contribution in [0.2, 0.25) is 0 Å². The smallest absolute Gasteiger partial charge is 0.231 e. The molecule has 19 heavy (non-hydrogen) atoms. The topological polar surface area (TPSA) is 68.3 Å². The lowest BCUT2D eigenvalue weighted by atomic mass is 10.1. The maximum absolute atomic E-state index is 10.8. The van der Waals surface area contributed by atoms with E-state index < -0.39 is 6.04 Å². The van der Waals surface area contributed by atoms with Crippen molar-refractivity contribution < 1.29 is 9.34 Å². The van der Waals surface area contributed by atoms with Crippen molar-refractivity contribution in [2.24, 2.45) is 0 Å². The molecule has 0 amide bonds. The van der Waals surface area contributed by atoms with E-state index in [1.807, 2.05) is 32.0 Å². The number of anilines is 1. The molecule has 0 radical (unpaired) electrons. The first-order valence-electron chi connectivity index (χ1n) is 6.06. The van der Waals surface area contributed by atoms with Gasteiger partial charge in [-0.25, -0.2) is 0 Å². The summed E-state index contributed by atoms with van der Waals surface area (Å²) in [6.07, 6.45) is 1.52. The number of benzene rings is 1.